The summed E-state index contributed by atoms with van der Waals surface area (Å²) < 4.78 is 7.35. The predicted molar refractivity (Wildman–Crippen MR) is 92.0 cm³/mol. The molecular formula is C19H20N2O2. The highest BCUT2D eigenvalue weighted by Gasteiger charge is 2.11. The molecule has 0 aliphatic rings. The summed E-state index contributed by atoms with van der Waals surface area (Å²) in [5, 5.41) is 3.97. The Hall–Kier alpha value is -2.75. The maximum Gasteiger partial charge on any atom is 0.251 e. The SMILES string of the molecule is COc1ccccc1CCNC(=O)c1cccc2c1ccn2C. The monoisotopic (exact) mass is 308 g/mol. The standard InChI is InChI=1S/C19H20N2O2/c1-21-13-11-15-16(7-5-8-17(15)21)19(22)20-12-10-14-6-3-4-9-18(14)23-2/h3-9,11,13H,10,12H2,1-2H3,(H,20,22). The van der Waals surface area contributed by atoms with Gasteiger partial charge in [0.05, 0.1) is 7.11 Å². The van der Waals surface area contributed by atoms with Crippen LogP contribution in [0.3, 0.4) is 0 Å². The zero-order valence-electron chi connectivity index (χ0n) is 13.4. The Labute approximate surface area is 135 Å². The molecule has 0 unspecified atom stereocenters. The summed E-state index contributed by atoms with van der Waals surface area (Å²) in [7, 11) is 3.64. The fourth-order valence-electron chi connectivity index (χ4n) is 2.82. The van der Waals surface area contributed by atoms with Crippen molar-refractivity contribution < 1.29 is 9.53 Å². The fraction of sp³-hybridized carbons (Fsp3) is 0.211. The van der Waals surface area contributed by atoms with E-state index in [0.29, 0.717) is 12.1 Å². The van der Waals surface area contributed by atoms with Crippen LogP contribution in [-0.2, 0) is 13.5 Å². The second-order valence-electron chi connectivity index (χ2n) is 5.48. The van der Waals surface area contributed by atoms with Gasteiger partial charge in [-0.2, -0.15) is 0 Å². The number of para-hydroxylation sites is 1. The second-order valence-corrected chi connectivity index (χ2v) is 5.48. The van der Waals surface area contributed by atoms with Crippen molar-refractivity contribution in [1.29, 1.82) is 0 Å². The fourth-order valence-corrected chi connectivity index (χ4v) is 2.82. The first-order valence-corrected chi connectivity index (χ1v) is 7.65. The molecule has 0 spiro atoms. The molecule has 1 N–H and O–H groups in total. The number of carbonyl (C=O) groups is 1. The Kier molecular flexibility index (Phi) is 4.33. The van der Waals surface area contributed by atoms with Crippen molar-refractivity contribution in [3.63, 3.8) is 0 Å². The number of ether oxygens (including phenoxy) is 1. The lowest BCUT2D eigenvalue weighted by atomic mass is 10.1. The number of carbonyl (C=O) groups excluding carboxylic acids is 1. The van der Waals surface area contributed by atoms with Gasteiger partial charge in [0.1, 0.15) is 5.75 Å². The van der Waals surface area contributed by atoms with Crippen LogP contribution >= 0.6 is 0 Å². The van der Waals surface area contributed by atoms with Gasteiger partial charge in [0.2, 0.25) is 0 Å². The van der Waals surface area contributed by atoms with Crippen LogP contribution in [-0.4, -0.2) is 24.1 Å². The van der Waals surface area contributed by atoms with Crippen LogP contribution in [0.2, 0.25) is 0 Å². The topological polar surface area (TPSA) is 43.3 Å². The normalized spacial score (nSPS) is 10.7. The molecule has 0 saturated heterocycles. The number of fused-ring (bicyclic) bond motifs is 1. The van der Waals surface area contributed by atoms with E-state index in [-0.39, 0.29) is 5.91 Å². The zero-order chi connectivity index (χ0) is 16.2. The van der Waals surface area contributed by atoms with E-state index in [1.807, 2.05) is 66.3 Å². The summed E-state index contributed by atoms with van der Waals surface area (Å²) in [4.78, 5) is 12.5. The minimum atomic E-state index is -0.0447. The minimum absolute atomic E-state index is 0.0447. The van der Waals surface area contributed by atoms with Crippen molar-refractivity contribution in [3.8, 4) is 5.75 Å². The Morgan fingerprint density at radius 3 is 2.78 bits per heavy atom. The van der Waals surface area contributed by atoms with Crippen LogP contribution in [0.25, 0.3) is 10.9 Å². The number of nitrogens with one attached hydrogen (secondary N) is 1. The molecule has 2 aromatic carbocycles. The average Bonchev–Trinajstić information content (AvgIpc) is 2.96. The Morgan fingerprint density at radius 1 is 1.13 bits per heavy atom. The largest absolute Gasteiger partial charge is 0.496 e. The Morgan fingerprint density at radius 2 is 1.96 bits per heavy atom. The first-order valence-electron chi connectivity index (χ1n) is 7.65. The van der Waals surface area contributed by atoms with E-state index < -0.39 is 0 Å². The zero-order valence-corrected chi connectivity index (χ0v) is 13.4. The molecule has 0 radical (unpaired) electrons. The number of aromatic nitrogens is 1. The average molecular weight is 308 g/mol. The lowest BCUT2D eigenvalue weighted by Gasteiger charge is -2.09. The van der Waals surface area contributed by atoms with Crippen LogP contribution in [0.5, 0.6) is 5.75 Å². The highest BCUT2D eigenvalue weighted by atomic mass is 16.5. The first-order chi connectivity index (χ1) is 11.2. The number of benzene rings is 2. The smallest absolute Gasteiger partial charge is 0.251 e. The number of hydrogen-bond acceptors (Lipinski definition) is 2. The van der Waals surface area contributed by atoms with Crippen molar-refractivity contribution in [1.82, 2.24) is 9.88 Å². The molecule has 0 fully saturated rings. The van der Waals surface area contributed by atoms with Gasteiger partial charge >= 0.3 is 0 Å². The summed E-state index contributed by atoms with van der Waals surface area (Å²) in [6.45, 7) is 0.572. The minimum Gasteiger partial charge on any atom is -0.496 e. The summed E-state index contributed by atoms with van der Waals surface area (Å²) >= 11 is 0. The lowest BCUT2D eigenvalue weighted by Crippen LogP contribution is -2.25. The summed E-state index contributed by atoms with van der Waals surface area (Å²) in [5.41, 5.74) is 2.86. The van der Waals surface area contributed by atoms with Crippen LogP contribution in [0.1, 0.15) is 15.9 Å². The molecule has 4 nitrogen and oxygen atoms in total. The highest BCUT2D eigenvalue weighted by molar-refractivity contribution is 6.06. The van der Waals surface area contributed by atoms with Crippen molar-refractivity contribution in [2.45, 2.75) is 6.42 Å². The van der Waals surface area contributed by atoms with E-state index in [1.165, 1.54) is 0 Å². The second kappa shape index (κ2) is 6.57. The molecule has 0 bridgehead atoms. The summed E-state index contributed by atoms with van der Waals surface area (Å²) in [6, 6.07) is 15.6. The molecule has 1 heterocycles. The van der Waals surface area contributed by atoms with E-state index >= 15 is 0 Å². The number of amides is 1. The Bertz CT molecular complexity index is 836. The number of nitrogens with zero attached hydrogens (tertiary/aromatic N) is 1. The third kappa shape index (κ3) is 3.06. The first kappa shape index (κ1) is 15.2. The highest BCUT2D eigenvalue weighted by Crippen LogP contribution is 2.20. The third-order valence-corrected chi connectivity index (χ3v) is 4.04. The molecular weight excluding hydrogens is 288 g/mol. The molecule has 23 heavy (non-hydrogen) atoms. The van der Waals surface area contributed by atoms with E-state index in [0.717, 1.165) is 28.6 Å². The molecule has 1 aromatic heterocycles. The maximum absolute atomic E-state index is 12.5. The van der Waals surface area contributed by atoms with E-state index in [4.69, 9.17) is 4.74 Å². The van der Waals surface area contributed by atoms with Crippen molar-refractivity contribution >= 4 is 16.8 Å². The number of hydrogen-bond donors (Lipinski definition) is 1. The molecule has 1 amide bonds. The molecule has 3 aromatic rings. The van der Waals surface area contributed by atoms with Crippen LogP contribution in [0.15, 0.2) is 54.7 Å². The van der Waals surface area contributed by atoms with Crippen molar-refractivity contribution in [2.75, 3.05) is 13.7 Å². The van der Waals surface area contributed by atoms with Crippen LogP contribution in [0, 0.1) is 0 Å². The van der Waals surface area contributed by atoms with Gasteiger partial charge in [0, 0.05) is 36.3 Å². The van der Waals surface area contributed by atoms with E-state index in [1.54, 1.807) is 7.11 Å². The van der Waals surface area contributed by atoms with E-state index in [2.05, 4.69) is 5.32 Å². The van der Waals surface area contributed by atoms with Crippen LogP contribution < -0.4 is 10.1 Å². The number of rotatable bonds is 5. The van der Waals surface area contributed by atoms with Crippen molar-refractivity contribution in [3.05, 3.63) is 65.9 Å². The van der Waals surface area contributed by atoms with Gasteiger partial charge in [-0.3, -0.25) is 4.79 Å². The molecule has 0 saturated carbocycles. The molecule has 0 aliphatic heterocycles. The van der Waals surface area contributed by atoms with Gasteiger partial charge in [-0.1, -0.05) is 24.3 Å². The molecule has 0 aliphatic carbocycles. The molecule has 3 rings (SSSR count). The van der Waals surface area contributed by atoms with Gasteiger partial charge in [0.15, 0.2) is 0 Å². The molecule has 0 atom stereocenters. The summed E-state index contributed by atoms with van der Waals surface area (Å²) in [5.74, 6) is 0.809. The quantitative estimate of drug-likeness (QED) is 0.787. The molecule has 4 heteroatoms. The predicted octanol–water partition coefficient (Wildman–Crippen LogP) is 3.16. The van der Waals surface area contributed by atoms with Crippen molar-refractivity contribution in [2.24, 2.45) is 7.05 Å². The number of methoxy groups -OCH3 is 1. The summed E-state index contributed by atoms with van der Waals surface area (Å²) in [6.07, 6.45) is 2.71. The molecule has 118 valence electrons. The van der Waals surface area contributed by atoms with E-state index in [9.17, 15) is 4.79 Å². The van der Waals surface area contributed by atoms with Crippen LogP contribution in [0.4, 0.5) is 0 Å². The van der Waals surface area contributed by atoms with Gasteiger partial charge in [0.25, 0.3) is 5.91 Å². The van der Waals surface area contributed by atoms with Gasteiger partial charge < -0.3 is 14.6 Å². The third-order valence-electron chi connectivity index (χ3n) is 4.04. The maximum atomic E-state index is 12.5. The Balaban J connectivity index is 1.69. The van der Waals surface area contributed by atoms with Gasteiger partial charge in [-0.15, -0.1) is 0 Å². The van der Waals surface area contributed by atoms with Gasteiger partial charge in [-0.25, -0.2) is 0 Å². The number of aryl methyl sites for hydroxylation is 1. The van der Waals surface area contributed by atoms with Gasteiger partial charge in [-0.05, 0) is 36.2 Å². The lowest BCUT2D eigenvalue weighted by molar-refractivity contribution is 0.0955.